The zero-order valence-corrected chi connectivity index (χ0v) is 10.4. The second-order valence-corrected chi connectivity index (χ2v) is 4.75. The molecule has 18 heavy (non-hydrogen) atoms. The summed E-state index contributed by atoms with van der Waals surface area (Å²) in [6.45, 7) is 3.22. The summed E-state index contributed by atoms with van der Waals surface area (Å²) in [5, 5.41) is 7.81. The second kappa shape index (κ2) is 4.44. The van der Waals surface area contributed by atoms with Crippen LogP contribution in [0.25, 0.3) is 5.69 Å². The molecule has 0 aliphatic carbocycles. The van der Waals surface area contributed by atoms with Gasteiger partial charge in [0.25, 0.3) is 0 Å². The van der Waals surface area contributed by atoms with E-state index in [4.69, 9.17) is 0 Å². The largest absolute Gasteiger partial charge is 0.382 e. The predicted octanol–water partition coefficient (Wildman–Crippen LogP) is 3.01. The van der Waals surface area contributed by atoms with Gasteiger partial charge < -0.3 is 5.32 Å². The van der Waals surface area contributed by atoms with Crippen molar-refractivity contribution in [1.82, 2.24) is 9.78 Å². The third-order valence-corrected chi connectivity index (χ3v) is 3.58. The second-order valence-electron chi connectivity index (χ2n) is 4.75. The van der Waals surface area contributed by atoms with E-state index < -0.39 is 0 Å². The highest BCUT2D eigenvalue weighted by Crippen LogP contribution is 2.27. The first-order chi connectivity index (χ1) is 8.78. The Balaban J connectivity index is 1.99. The van der Waals surface area contributed by atoms with Crippen LogP contribution in [0.1, 0.15) is 19.0 Å². The van der Waals surface area contributed by atoms with E-state index in [0.717, 1.165) is 30.8 Å². The third-order valence-electron chi connectivity index (χ3n) is 3.58. The van der Waals surface area contributed by atoms with Crippen LogP contribution in [0.5, 0.6) is 0 Å². The molecule has 3 nitrogen and oxygen atoms in total. The Morgan fingerprint density at radius 3 is 2.89 bits per heavy atom. The number of hydrogen-bond donors (Lipinski definition) is 1. The van der Waals surface area contributed by atoms with Crippen molar-refractivity contribution >= 4 is 5.69 Å². The van der Waals surface area contributed by atoms with Crippen molar-refractivity contribution in [2.24, 2.45) is 5.92 Å². The molecule has 2 aromatic rings. The molecule has 0 spiro atoms. The van der Waals surface area contributed by atoms with Crippen molar-refractivity contribution in [2.45, 2.75) is 19.8 Å². The normalized spacial score (nSPS) is 18.2. The van der Waals surface area contributed by atoms with E-state index >= 15 is 0 Å². The Bertz CT molecular complexity index is 545. The summed E-state index contributed by atoms with van der Waals surface area (Å²) < 4.78 is 14.8. The maximum atomic E-state index is 12.9. The molecule has 2 heterocycles. The molecule has 1 aromatic carbocycles. The van der Waals surface area contributed by atoms with Crippen LogP contribution in [0.4, 0.5) is 10.1 Å². The topological polar surface area (TPSA) is 29.9 Å². The number of hydrogen-bond acceptors (Lipinski definition) is 2. The van der Waals surface area contributed by atoms with Crippen molar-refractivity contribution in [2.75, 3.05) is 11.9 Å². The van der Waals surface area contributed by atoms with E-state index in [-0.39, 0.29) is 5.82 Å². The molecule has 0 amide bonds. The molecular formula is C14H16FN3. The number of fused-ring (bicyclic) bond motifs is 1. The molecule has 1 aliphatic rings. The highest BCUT2D eigenvalue weighted by Gasteiger charge is 2.21. The van der Waals surface area contributed by atoms with Gasteiger partial charge in [-0.05, 0) is 36.6 Å². The molecule has 0 saturated heterocycles. The van der Waals surface area contributed by atoms with Gasteiger partial charge in [-0.25, -0.2) is 9.07 Å². The van der Waals surface area contributed by atoms with Gasteiger partial charge in [0.1, 0.15) is 5.82 Å². The predicted molar refractivity (Wildman–Crippen MR) is 69.5 cm³/mol. The molecule has 1 aromatic heterocycles. The van der Waals surface area contributed by atoms with Crippen LogP contribution < -0.4 is 5.32 Å². The lowest BCUT2D eigenvalue weighted by Crippen LogP contribution is -2.23. The molecule has 1 N–H and O–H groups in total. The SMILES string of the molecule is CCC1CNc2cnn(-c3ccc(F)cc3)c2C1. The van der Waals surface area contributed by atoms with Crippen molar-refractivity contribution in [3.63, 3.8) is 0 Å². The molecule has 1 atom stereocenters. The highest BCUT2D eigenvalue weighted by molar-refractivity contribution is 5.52. The first kappa shape index (κ1) is 11.3. The summed E-state index contributed by atoms with van der Waals surface area (Å²) in [5.74, 6) is 0.428. The summed E-state index contributed by atoms with van der Waals surface area (Å²) in [7, 11) is 0. The molecular weight excluding hydrogens is 229 g/mol. The van der Waals surface area contributed by atoms with Crippen molar-refractivity contribution in [3.8, 4) is 5.69 Å². The van der Waals surface area contributed by atoms with Gasteiger partial charge >= 0.3 is 0 Å². The zero-order valence-electron chi connectivity index (χ0n) is 10.4. The van der Waals surface area contributed by atoms with Crippen LogP contribution in [0.15, 0.2) is 30.5 Å². The highest BCUT2D eigenvalue weighted by atomic mass is 19.1. The van der Waals surface area contributed by atoms with Gasteiger partial charge in [0.15, 0.2) is 0 Å². The van der Waals surface area contributed by atoms with E-state index in [0.29, 0.717) is 5.92 Å². The Morgan fingerprint density at radius 1 is 1.39 bits per heavy atom. The smallest absolute Gasteiger partial charge is 0.123 e. The lowest BCUT2D eigenvalue weighted by molar-refractivity contribution is 0.506. The number of rotatable bonds is 2. The first-order valence-electron chi connectivity index (χ1n) is 6.34. The Labute approximate surface area is 106 Å². The fraction of sp³-hybridized carbons (Fsp3) is 0.357. The minimum atomic E-state index is -0.218. The summed E-state index contributed by atoms with van der Waals surface area (Å²) in [4.78, 5) is 0. The average Bonchev–Trinajstić information content (AvgIpc) is 2.82. The number of halogens is 1. The molecule has 94 valence electrons. The molecule has 0 saturated carbocycles. The van der Waals surface area contributed by atoms with E-state index in [9.17, 15) is 4.39 Å². The van der Waals surface area contributed by atoms with Crippen molar-refractivity contribution in [1.29, 1.82) is 0 Å². The summed E-state index contributed by atoms with van der Waals surface area (Å²) in [6.07, 6.45) is 4.03. The standard InChI is InChI=1S/C14H16FN3/c1-2-10-7-14-13(16-8-10)9-17-18(14)12-5-3-11(15)4-6-12/h3-6,9-10,16H,2,7-8H2,1H3. The van der Waals surface area contributed by atoms with Crippen LogP contribution in [-0.4, -0.2) is 16.3 Å². The van der Waals surface area contributed by atoms with E-state index in [1.165, 1.54) is 17.8 Å². The lowest BCUT2D eigenvalue weighted by atomic mass is 9.96. The van der Waals surface area contributed by atoms with Gasteiger partial charge in [-0.1, -0.05) is 13.3 Å². The van der Waals surface area contributed by atoms with Gasteiger partial charge in [0.2, 0.25) is 0 Å². The molecule has 0 radical (unpaired) electrons. The van der Waals surface area contributed by atoms with Crippen LogP contribution in [0.2, 0.25) is 0 Å². The van der Waals surface area contributed by atoms with Crippen molar-refractivity contribution in [3.05, 3.63) is 42.0 Å². The van der Waals surface area contributed by atoms with Gasteiger partial charge in [-0.3, -0.25) is 0 Å². The number of nitrogens with one attached hydrogen (secondary N) is 1. The van der Waals surface area contributed by atoms with Crippen LogP contribution in [-0.2, 0) is 6.42 Å². The maximum Gasteiger partial charge on any atom is 0.123 e. The maximum absolute atomic E-state index is 12.9. The Hall–Kier alpha value is -1.84. The lowest BCUT2D eigenvalue weighted by Gasteiger charge is -2.23. The van der Waals surface area contributed by atoms with Gasteiger partial charge in [0.05, 0.1) is 23.3 Å². The van der Waals surface area contributed by atoms with Crippen LogP contribution >= 0.6 is 0 Å². The third kappa shape index (κ3) is 1.88. The van der Waals surface area contributed by atoms with E-state index in [1.54, 1.807) is 12.1 Å². The Morgan fingerprint density at radius 2 is 2.17 bits per heavy atom. The molecule has 3 rings (SSSR count). The summed E-state index contributed by atoms with van der Waals surface area (Å²) >= 11 is 0. The number of benzene rings is 1. The minimum Gasteiger partial charge on any atom is -0.382 e. The summed E-state index contributed by atoms with van der Waals surface area (Å²) in [5.41, 5.74) is 3.21. The minimum absolute atomic E-state index is 0.218. The fourth-order valence-corrected chi connectivity index (χ4v) is 2.41. The first-order valence-corrected chi connectivity index (χ1v) is 6.34. The van der Waals surface area contributed by atoms with Crippen molar-refractivity contribution < 1.29 is 4.39 Å². The Kier molecular flexibility index (Phi) is 2.78. The van der Waals surface area contributed by atoms with E-state index in [2.05, 4.69) is 17.3 Å². The molecule has 4 heteroatoms. The molecule has 0 bridgehead atoms. The number of aromatic nitrogens is 2. The van der Waals surface area contributed by atoms with Crippen LogP contribution in [0, 0.1) is 11.7 Å². The summed E-state index contributed by atoms with van der Waals surface area (Å²) in [6, 6.07) is 6.46. The zero-order chi connectivity index (χ0) is 12.5. The van der Waals surface area contributed by atoms with Crippen LogP contribution in [0.3, 0.4) is 0 Å². The number of anilines is 1. The molecule has 1 unspecified atom stereocenters. The molecule has 0 fully saturated rings. The van der Waals surface area contributed by atoms with Gasteiger partial charge in [-0.2, -0.15) is 5.10 Å². The molecule has 1 aliphatic heterocycles. The van der Waals surface area contributed by atoms with E-state index in [1.807, 2.05) is 10.9 Å². The monoisotopic (exact) mass is 245 g/mol. The van der Waals surface area contributed by atoms with Gasteiger partial charge in [-0.15, -0.1) is 0 Å². The average molecular weight is 245 g/mol. The van der Waals surface area contributed by atoms with Gasteiger partial charge in [0, 0.05) is 6.54 Å². The fourth-order valence-electron chi connectivity index (χ4n) is 2.41. The number of nitrogens with zero attached hydrogens (tertiary/aromatic N) is 2. The quantitative estimate of drug-likeness (QED) is 0.881.